The summed E-state index contributed by atoms with van der Waals surface area (Å²) in [5, 5.41) is 11.8. The zero-order valence-electron chi connectivity index (χ0n) is 34.2. The van der Waals surface area contributed by atoms with Gasteiger partial charge in [-0.1, -0.05) is 146 Å². The largest absolute Gasteiger partial charge is 0.365 e. The second-order valence-electron chi connectivity index (χ2n) is 15.6. The normalized spacial score (nSPS) is 15.9. The number of unbranched alkanes of at least 4 members (excludes halogenated alkanes) is 18. The third-order valence-electron chi connectivity index (χ3n) is 10.6. The lowest BCUT2D eigenvalue weighted by molar-refractivity contribution is -0.236. The van der Waals surface area contributed by atoms with Crippen LogP contribution in [0.3, 0.4) is 0 Å². The van der Waals surface area contributed by atoms with Gasteiger partial charge in [-0.15, -0.1) is 0 Å². The van der Waals surface area contributed by atoms with Gasteiger partial charge in [-0.25, -0.2) is 0 Å². The molecule has 0 bridgehead atoms. The number of aliphatic hydroxyl groups is 1. The Morgan fingerprint density at radius 3 is 1.63 bits per heavy atom. The van der Waals surface area contributed by atoms with Crippen molar-refractivity contribution in [1.82, 2.24) is 9.88 Å². The Labute approximate surface area is 322 Å². The molecule has 1 aromatic heterocycles. The molecule has 1 aromatic rings. The van der Waals surface area contributed by atoms with Crippen LogP contribution >= 0.6 is 0 Å². The molecule has 1 unspecified atom stereocenters. The fraction of sp³-hybridized carbons (Fsp3) is 0.729. The van der Waals surface area contributed by atoms with Gasteiger partial charge in [-0.05, 0) is 102 Å². The first-order valence-corrected chi connectivity index (χ1v) is 22.3. The SMILES string of the molecule is CCCCC/C=C\C/C=C\CCCCCCCCC(O)(CCCCCCCC/C=C\C/C=C\CCCCC)OC1CCN(CCc2cccnc2)C1. The van der Waals surface area contributed by atoms with Crippen LogP contribution in [0.1, 0.15) is 193 Å². The van der Waals surface area contributed by atoms with Gasteiger partial charge in [-0.2, -0.15) is 0 Å². The minimum Gasteiger partial charge on any atom is -0.365 e. The van der Waals surface area contributed by atoms with E-state index in [1.165, 1.54) is 134 Å². The molecule has 0 amide bonds. The molecule has 1 aliphatic heterocycles. The van der Waals surface area contributed by atoms with Gasteiger partial charge in [0.05, 0.1) is 6.10 Å². The number of pyridine rings is 1. The van der Waals surface area contributed by atoms with E-state index in [1.807, 2.05) is 18.5 Å². The maximum atomic E-state index is 11.8. The number of rotatable bonds is 35. The summed E-state index contributed by atoms with van der Waals surface area (Å²) in [5.41, 5.74) is 1.29. The number of likely N-dealkylation sites (tertiary alicyclic amines) is 1. The van der Waals surface area contributed by atoms with E-state index in [-0.39, 0.29) is 6.10 Å². The Balaban J connectivity index is 1.62. The third kappa shape index (κ3) is 26.7. The van der Waals surface area contributed by atoms with E-state index in [0.29, 0.717) is 0 Å². The molecule has 1 aliphatic rings. The highest BCUT2D eigenvalue weighted by Crippen LogP contribution is 2.29. The van der Waals surface area contributed by atoms with Crippen molar-refractivity contribution in [2.75, 3.05) is 19.6 Å². The highest BCUT2D eigenvalue weighted by atomic mass is 16.6. The highest BCUT2D eigenvalue weighted by Gasteiger charge is 2.33. The molecule has 0 spiro atoms. The molecule has 4 heteroatoms. The Morgan fingerprint density at radius 2 is 1.15 bits per heavy atom. The fourth-order valence-corrected chi connectivity index (χ4v) is 7.26. The predicted octanol–water partition coefficient (Wildman–Crippen LogP) is 13.8. The molecule has 1 fully saturated rings. The maximum Gasteiger partial charge on any atom is 0.165 e. The summed E-state index contributed by atoms with van der Waals surface area (Å²) >= 11 is 0. The Morgan fingerprint density at radius 1 is 0.673 bits per heavy atom. The van der Waals surface area contributed by atoms with Crippen LogP contribution < -0.4 is 0 Å². The van der Waals surface area contributed by atoms with Crippen LogP contribution in [0.25, 0.3) is 0 Å². The first-order valence-electron chi connectivity index (χ1n) is 22.3. The van der Waals surface area contributed by atoms with Gasteiger partial charge in [0.1, 0.15) is 0 Å². The van der Waals surface area contributed by atoms with Crippen molar-refractivity contribution in [3.05, 3.63) is 78.7 Å². The van der Waals surface area contributed by atoms with Crippen molar-refractivity contribution in [2.24, 2.45) is 0 Å². The third-order valence-corrected chi connectivity index (χ3v) is 10.6. The first kappa shape index (κ1) is 46.1. The average molecular weight is 719 g/mol. The molecule has 52 heavy (non-hydrogen) atoms. The summed E-state index contributed by atoms with van der Waals surface area (Å²) in [6, 6.07) is 4.18. The average Bonchev–Trinajstić information content (AvgIpc) is 3.60. The smallest absolute Gasteiger partial charge is 0.165 e. The van der Waals surface area contributed by atoms with Crippen molar-refractivity contribution in [2.45, 2.75) is 206 Å². The lowest BCUT2D eigenvalue weighted by Crippen LogP contribution is -2.38. The Bertz CT molecular complexity index is 984. The molecular formula is C48H82N2O2. The zero-order valence-corrected chi connectivity index (χ0v) is 34.2. The van der Waals surface area contributed by atoms with Gasteiger partial charge in [-0.3, -0.25) is 4.98 Å². The minimum absolute atomic E-state index is 0.133. The molecule has 0 saturated carbocycles. The molecule has 0 aliphatic carbocycles. The van der Waals surface area contributed by atoms with Gasteiger partial charge in [0.2, 0.25) is 0 Å². The van der Waals surface area contributed by atoms with Gasteiger partial charge in [0, 0.05) is 44.9 Å². The maximum absolute atomic E-state index is 11.8. The first-order chi connectivity index (χ1) is 25.6. The standard InChI is InChI=1S/C48H82N2O2/c1-3-5-7-9-11-13-15-17-19-21-23-25-27-29-31-33-39-48(51,52-47-38-43-50(45-47)42-37-46-36-35-41-49-44-46)40-34-32-30-28-26-24-22-20-18-16-14-12-10-8-6-4-2/h11-14,17-20,35-36,41,44,47,51H,3-10,15-16,21-34,37-40,42-43,45H2,1-2H3/b13-11-,14-12-,19-17-,20-18-. The van der Waals surface area contributed by atoms with Crippen molar-refractivity contribution >= 4 is 0 Å². The second kappa shape index (κ2) is 33.6. The van der Waals surface area contributed by atoms with Crippen LogP contribution in [-0.4, -0.2) is 46.5 Å². The van der Waals surface area contributed by atoms with Gasteiger partial charge in [0.25, 0.3) is 0 Å². The van der Waals surface area contributed by atoms with Gasteiger partial charge >= 0.3 is 0 Å². The fourth-order valence-electron chi connectivity index (χ4n) is 7.26. The number of ether oxygens (including phenoxy) is 1. The summed E-state index contributed by atoms with van der Waals surface area (Å²) in [4.78, 5) is 6.77. The van der Waals surface area contributed by atoms with Crippen LogP contribution in [0.5, 0.6) is 0 Å². The van der Waals surface area contributed by atoms with E-state index in [0.717, 1.165) is 71.0 Å². The molecular weight excluding hydrogens is 637 g/mol. The number of allylic oxidation sites excluding steroid dienone is 8. The number of nitrogens with zero attached hydrogens (tertiary/aromatic N) is 2. The molecule has 1 saturated heterocycles. The zero-order chi connectivity index (χ0) is 37.1. The van der Waals surface area contributed by atoms with Crippen LogP contribution in [0.2, 0.25) is 0 Å². The molecule has 2 heterocycles. The molecule has 0 radical (unpaired) electrons. The number of aromatic nitrogens is 1. The number of hydrogen-bond acceptors (Lipinski definition) is 4. The highest BCUT2D eigenvalue weighted by molar-refractivity contribution is 5.08. The summed E-state index contributed by atoms with van der Waals surface area (Å²) in [7, 11) is 0. The van der Waals surface area contributed by atoms with E-state index >= 15 is 0 Å². The van der Waals surface area contributed by atoms with Gasteiger partial charge < -0.3 is 14.7 Å². The van der Waals surface area contributed by atoms with E-state index in [1.54, 1.807) is 0 Å². The van der Waals surface area contributed by atoms with Gasteiger partial charge in [0.15, 0.2) is 5.79 Å². The summed E-state index contributed by atoms with van der Waals surface area (Å²) in [5.74, 6) is -0.978. The summed E-state index contributed by atoms with van der Waals surface area (Å²) in [6.07, 6.45) is 56.0. The topological polar surface area (TPSA) is 45.6 Å². The van der Waals surface area contributed by atoms with E-state index in [4.69, 9.17) is 4.74 Å². The molecule has 296 valence electrons. The van der Waals surface area contributed by atoms with Crippen molar-refractivity contribution in [1.29, 1.82) is 0 Å². The van der Waals surface area contributed by atoms with E-state index in [9.17, 15) is 5.11 Å². The molecule has 2 rings (SSSR count). The minimum atomic E-state index is -0.978. The van der Waals surface area contributed by atoms with Crippen LogP contribution in [0.15, 0.2) is 73.1 Å². The van der Waals surface area contributed by atoms with Crippen LogP contribution in [-0.2, 0) is 11.2 Å². The Kier molecular flexibility index (Phi) is 29.8. The quantitative estimate of drug-likeness (QED) is 0.0431. The van der Waals surface area contributed by atoms with Crippen LogP contribution in [0, 0.1) is 0 Å². The van der Waals surface area contributed by atoms with Crippen molar-refractivity contribution < 1.29 is 9.84 Å². The monoisotopic (exact) mass is 719 g/mol. The van der Waals surface area contributed by atoms with Crippen molar-refractivity contribution in [3.8, 4) is 0 Å². The van der Waals surface area contributed by atoms with E-state index < -0.39 is 5.79 Å². The molecule has 1 atom stereocenters. The predicted molar refractivity (Wildman–Crippen MR) is 227 cm³/mol. The Hall–Kier alpha value is -2.01. The molecule has 4 nitrogen and oxygen atoms in total. The van der Waals surface area contributed by atoms with E-state index in [2.05, 4.69) is 78.4 Å². The molecule has 1 N–H and O–H groups in total. The lowest BCUT2D eigenvalue weighted by atomic mass is 9.98. The summed E-state index contributed by atoms with van der Waals surface area (Å²) < 4.78 is 6.61. The van der Waals surface area contributed by atoms with Crippen LogP contribution in [0.4, 0.5) is 0 Å². The van der Waals surface area contributed by atoms with Crippen molar-refractivity contribution in [3.63, 3.8) is 0 Å². The second-order valence-corrected chi connectivity index (χ2v) is 15.6. The molecule has 0 aromatic carbocycles. The summed E-state index contributed by atoms with van der Waals surface area (Å²) in [6.45, 7) is 7.54. The lowest BCUT2D eigenvalue weighted by Gasteiger charge is -2.32. The number of hydrogen-bond donors (Lipinski definition) is 1.